The van der Waals surface area contributed by atoms with Gasteiger partial charge >= 0.3 is 0 Å². The van der Waals surface area contributed by atoms with Crippen LogP contribution in [0.5, 0.6) is 0 Å². The van der Waals surface area contributed by atoms with E-state index in [9.17, 15) is 13.2 Å². The normalized spacial score (nSPS) is 14.0. The van der Waals surface area contributed by atoms with Gasteiger partial charge in [-0.15, -0.1) is 0 Å². The van der Waals surface area contributed by atoms with Gasteiger partial charge in [0.2, 0.25) is 0 Å². The quantitative estimate of drug-likeness (QED) is 0.383. The smallest absolute Gasteiger partial charge is 0.264 e. The Labute approximate surface area is 192 Å². The van der Waals surface area contributed by atoms with Gasteiger partial charge in [-0.1, -0.05) is 69.7 Å². The van der Waals surface area contributed by atoms with E-state index in [1.165, 1.54) is 54.5 Å². The summed E-state index contributed by atoms with van der Waals surface area (Å²) in [7, 11) is -2.23. The molecule has 0 atom stereocenters. The molecule has 0 fully saturated rings. The maximum absolute atomic E-state index is 13.1. The van der Waals surface area contributed by atoms with E-state index >= 15 is 0 Å². The van der Waals surface area contributed by atoms with Crippen molar-refractivity contribution in [2.24, 2.45) is 5.10 Å². The lowest BCUT2D eigenvalue weighted by atomic mass is 10.1. The van der Waals surface area contributed by atoms with Crippen molar-refractivity contribution in [3.8, 4) is 0 Å². The molecule has 1 aliphatic heterocycles. The molecule has 1 aliphatic rings. The molecule has 172 valence electrons. The van der Waals surface area contributed by atoms with Gasteiger partial charge < -0.3 is 0 Å². The maximum Gasteiger partial charge on any atom is 0.264 e. The van der Waals surface area contributed by atoms with Crippen LogP contribution in [0, 0.1) is 0 Å². The molecule has 0 N–H and O–H groups in total. The molecule has 1 amide bonds. The molecule has 0 aromatic heterocycles. The average molecular weight is 456 g/mol. The monoisotopic (exact) mass is 455 g/mol. The van der Waals surface area contributed by atoms with Gasteiger partial charge in [-0.25, -0.2) is 13.4 Å². The highest BCUT2D eigenvalue weighted by molar-refractivity contribution is 7.92. The summed E-state index contributed by atoms with van der Waals surface area (Å²) in [5.74, 6) is -0.117. The standard InChI is InChI=1S/C25H33N3O3S/c1-3-4-5-6-7-8-10-14-21-19-25(29)28(26-21)23-17-13-18-24(20-23)32(30,31)27(2)22-15-11-9-12-16-22/h9,11-13,15-18,20H,3-8,10,14,19H2,1-2H3. The predicted octanol–water partition coefficient (Wildman–Crippen LogP) is 5.75. The second-order valence-electron chi connectivity index (χ2n) is 8.23. The largest absolute Gasteiger partial charge is 0.272 e. The van der Waals surface area contributed by atoms with E-state index in [1.54, 1.807) is 42.5 Å². The molecule has 1 heterocycles. The highest BCUT2D eigenvalue weighted by Crippen LogP contribution is 2.28. The molecule has 2 aromatic rings. The first-order valence-corrected chi connectivity index (χ1v) is 12.9. The summed E-state index contributed by atoms with van der Waals surface area (Å²) in [6.45, 7) is 2.22. The van der Waals surface area contributed by atoms with Gasteiger partial charge in [0.1, 0.15) is 0 Å². The van der Waals surface area contributed by atoms with Crippen molar-refractivity contribution in [1.82, 2.24) is 0 Å². The van der Waals surface area contributed by atoms with E-state index in [2.05, 4.69) is 12.0 Å². The Bertz CT molecular complexity index is 1040. The summed E-state index contributed by atoms with van der Waals surface area (Å²) in [6, 6.07) is 15.3. The van der Waals surface area contributed by atoms with Crippen LogP contribution in [-0.2, 0) is 14.8 Å². The van der Waals surface area contributed by atoms with Crippen molar-refractivity contribution in [2.45, 2.75) is 69.6 Å². The zero-order valence-corrected chi connectivity index (χ0v) is 19.9. The number of sulfonamides is 1. The number of carbonyl (C=O) groups is 1. The molecule has 3 rings (SSSR count). The van der Waals surface area contributed by atoms with Crippen molar-refractivity contribution < 1.29 is 13.2 Å². The minimum absolute atomic E-state index is 0.117. The van der Waals surface area contributed by atoms with Crippen molar-refractivity contribution >= 4 is 33.0 Å². The number of anilines is 2. The fourth-order valence-corrected chi connectivity index (χ4v) is 5.05. The van der Waals surface area contributed by atoms with Crippen LogP contribution in [0.15, 0.2) is 64.6 Å². The fourth-order valence-electron chi connectivity index (χ4n) is 3.82. The minimum atomic E-state index is -3.76. The van der Waals surface area contributed by atoms with Crippen LogP contribution in [0.4, 0.5) is 11.4 Å². The van der Waals surface area contributed by atoms with Gasteiger partial charge in [0.05, 0.1) is 22.7 Å². The molecule has 0 saturated carbocycles. The summed E-state index contributed by atoms with van der Waals surface area (Å²) in [5, 5.41) is 5.85. The Morgan fingerprint density at radius 3 is 2.34 bits per heavy atom. The van der Waals surface area contributed by atoms with Gasteiger partial charge in [0.25, 0.3) is 15.9 Å². The van der Waals surface area contributed by atoms with Crippen LogP contribution >= 0.6 is 0 Å². The Kier molecular flexibility index (Phi) is 8.45. The lowest BCUT2D eigenvalue weighted by Crippen LogP contribution is -2.27. The van der Waals surface area contributed by atoms with Gasteiger partial charge in [0.15, 0.2) is 0 Å². The number of unbranched alkanes of at least 4 members (excludes halogenated alkanes) is 6. The zero-order chi connectivity index (χ0) is 23.0. The maximum atomic E-state index is 13.1. The molecule has 32 heavy (non-hydrogen) atoms. The lowest BCUT2D eigenvalue weighted by molar-refractivity contribution is -0.116. The summed E-state index contributed by atoms with van der Waals surface area (Å²) in [5.41, 5.74) is 1.93. The molecular formula is C25H33N3O3S. The van der Waals surface area contributed by atoms with Crippen LogP contribution in [0.1, 0.15) is 64.7 Å². The van der Waals surface area contributed by atoms with Gasteiger partial charge in [-0.2, -0.15) is 5.10 Å². The van der Waals surface area contributed by atoms with E-state index in [4.69, 9.17) is 0 Å². The van der Waals surface area contributed by atoms with Crippen molar-refractivity contribution in [3.63, 3.8) is 0 Å². The SMILES string of the molecule is CCCCCCCCCC1=NN(c2cccc(S(=O)(=O)N(C)c3ccccc3)c2)C(=O)C1. The molecule has 7 heteroatoms. The molecule has 0 saturated heterocycles. The van der Waals surface area contributed by atoms with Crippen LogP contribution < -0.4 is 9.31 Å². The molecule has 0 unspecified atom stereocenters. The van der Waals surface area contributed by atoms with E-state index < -0.39 is 10.0 Å². The van der Waals surface area contributed by atoms with E-state index in [1.807, 2.05) is 6.07 Å². The molecule has 2 aromatic carbocycles. The number of hydrazone groups is 1. The number of rotatable bonds is 12. The van der Waals surface area contributed by atoms with Crippen molar-refractivity contribution in [2.75, 3.05) is 16.4 Å². The van der Waals surface area contributed by atoms with Gasteiger partial charge in [-0.3, -0.25) is 9.10 Å². The summed E-state index contributed by atoms with van der Waals surface area (Å²) >= 11 is 0. The number of nitrogens with zero attached hydrogens (tertiary/aromatic N) is 3. The molecule has 6 nitrogen and oxygen atoms in total. The Balaban J connectivity index is 1.66. The second-order valence-corrected chi connectivity index (χ2v) is 10.2. The van der Waals surface area contributed by atoms with Crippen LogP contribution in [0.3, 0.4) is 0 Å². The van der Waals surface area contributed by atoms with Crippen LogP contribution in [-0.4, -0.2) is 27.1 Å². The van der Waals surface area contributed by atoms with Crippen molar-refractivity contribution in [1.29, 1.82) is 0 Å². The second kappa shape index (κ2) is 11.3. The third-order valence-electron chi connectivity index (χ3n) is 5.74. The summed E-state index contributed by atoms with van der Waals surface area (Å²) < 4.78 is 27.4. The highest BCUT2D eigenvalue weighted by Gasteiger charge is 2.27. The third-order valence-corrected chi connectivity index (χ3v) is 7.52. The highest BCUT2D eigenvalue weighted by atomic mass is 32.2. The zero-order valence-electron chi connectivity index (χ0n) is 19.0. The molecule has 0 bridgehead atoms. The Hall–Kier alpha value is -2.67. The average Bonchev–Trinajstić information content (AvgIpc) is 3.19. The fraction of sp³-hybridized carbons (Fsp3) is 0.440. The van der Waals surface area contributed by atoms with Crippen molar-refractivity contribution in [3.05, 3.63) is 54.6 Å². The first-order valence-electron chi connectivity index (χ1n) is 11.5. The van der Waals surface area contributed by atoms with E-state index in [0.29, 0.717) is 17.8 Å². The first kappa shape index (κ1) is 24.0. The summed E-state index contributed by atoms with van der Waals surface area (Å²) in [4.78, 5) is 12.7. The summed E-state index contributed by atoms with van der Waals surface area (Å²) in [6.07, 6.45) is 9.62. The molecular weight excluding hydrogens is 422 g/mol. The number of benzene rings is 2. The number of hydrogen-bond donors (Lipinski definition) is 0. The minimum Gasteiger partial charge on any atom is -0.272 e. The lowest BCUT2D eigenvalue weighted by Gasteiger charge is -2.20. The molecule has 0 spiro atoms. The molecule has 0 aliphatic carbocycles. The Morgan fingerprint density at radius 2 is 1.62 bits per heavy atom. The first-order chi connectivity index (χ1) is 15.4. The number of carbonyl (C=O) groups excluding carboxylic acids is 1. The Morgan fingerprint density at radius 1 is 0.938 bits per heavy atom. The third kappa shape index (κ3) is 5.97. The number of amides is 1. The van der Waals surface area contributed by atoms with Gasteiger partial charge in [-0.05, 0) is 43.2 Å². The topological polar surface area (TPSA) is 70.1 Å². The number of hydrogen-bond acceptors (Lipinski definition) is 4. The predicted molar refractivity (Wildman–Crippen MR) is 131 cm³/mol. The molecule has 0 radical (unpaired) electrons. The van der Waals surface area contributed by atoms with Gasteiger partial charge in [0, 0.05) is 12.8 Å². The van der Waals surface area contributed by atoms with E-state index in [0.717, 1.165) is 25.0 Å². The van der Waals surface area contributed by atoms with E-state index in [-0.39, 0.29) is 10.8 Å². The van der Waals surface area contributed by atoms with Crippen LogP contribution in [0.2, 0.25) is 0 Å². The number of para-hydroxylation sites is 1. The van der Waals surface area contributed by atoms with Crippen LogP contribution in [0.25, 0.3) is 0 Å².